The Morgan fingerprint density at radius 3 is 2.88 bits per heavy atom. The first kappa shape index (κ1) is 18.1. The van der Waals surface area contributed by atoms with E-state index in [-0.39, 0.29) is 11.8 Å². The van der Waals surface area contributed by atoms with Crippen molar-refractivity contribution in [2.75, 3.05) is 18.4 Å². The Morgan fingerprint density at radius 2 is 2.12 bits per heavy atom. The minimum absolute atomic E-state index is 0.0693. The quantitative estimate of drug-likeness (QED) is 0.714. The smallest absolute Gasteiger partial charge is 0.274 e. The molecule has 1 unspecified atom stereocenters. The highest BCUT2D eigenvalue weighted by molar-refractivity contribution is 6.02. The van der Waals surface area contributed by atoms with Gasteiger partial charge in [-0.05, 0) is 61.7 Å². The zero-order valence-corrected chi connectivity index (χ0v) is 14.7. The van der Waals surface area contributed by atoms with Crippen molar-refractivity contribution in [3.63, 3.8) is 0 Å². The van der Waals surface area contributed by atoms with Crippen LogP contribution in [0, 0.1) is 5.92 Å². The number of nitrogens with one attached hydrogen (secondary N) is 3. The molecule has 2 aromatic rings. The first-order valence-corrected chi connectivity index (χ1v) is 8.99. The maximum absolute atomic E-state index is 12.2. The summed E-state index contributed by atoms with van der Waals surface area (Å²) in [6.45, 7) is 2.53. The predicted octanol–water partition coefficient (Wildman–Crippen LogP) is 2.34. The van der Waals surface area contributed by atoms with Gasteiger partial charge in [-0.2, -0.15) is 0 Å². The molecule has 0 spiro atoms. The average Bonchev–Trinajstić information content (AvgIpc) is 3.19. The van der Waals surface area contributed by atoms with E-state index in [0.29, 0.717) is 30.3 Å². The lowest BCUT2D eigenvalue weighted by atomic mass is 10.0. The van der Waals surface area contributed by atoms with Crippen LogP contribution >= 0.6 is 0 Å². The maximum atomic E-state index is 12.2. The number of aromatic nitrogens is 1. The molecule has 1 aliphatic rings. The molecule has 0 bridgehead atoms. The Morgan fingerprint density at radius 1 is 1.19 bits per heavy atom. The molecular weight excluding hydrogens is 328 g/mol. The first-order chi connectivity index (χ1) is 12.7. The van der Waals surface area contributed by atoms with Gasteiger partial charge in [-0.15, -0.1) is 0 Å². The second-order valence-electron chi connectivity index (χ2n) is 6.54. The topological polar surface area (TPSA) is 83.1 Å². The molecule has 0 saturated carbocycles. The van der Waals surface area contributed by atoms with Gasteiger partial charge < -0.3 is 16.0 Å². The zero-order valence-electron chi connectivity index (χ0n) is 14.7. The lowest BCUT2D eigenvalue weighted by Crippen LogP contribution is -2.23. The summed E-state index contributed by atoms with van der Waals surface area (Å²) in [7, 11) is 0. The molecule has 0 aliphatic carbocycles. The van der Waals surface area contributed by atoms with Crippen LogP contribution in [0.3, 0.4) is 0 Å². The third-order valence-electron chi connectivity index (χ3n) is 4.51. The molecule has 6 nitrogen and oxygen atoms in total. The van der Waals surface area contributed by atoms with E-state index in [4.69, 9.17) is 0 Å². The van der Waals surface area contributed by atoms with Gasteiger partial charge in [0.1, 0.15) is 5.69 Å². The molecule has 3 N–H and O–H groups in total. The minimum Gasteiger partial charge on any atom is -0.352 e. The number of hydrogen-bond donors (Lipinski definition) is 3. The number of hydrogen-bond acceptors (Lipinski definition) is 4. The molecule has 136 valence electrons. The molecule has 0 radical (unpaired) electrons. The summed E-state index contributed by atoms with van der Waals surface area (Å²) in [4.78, 5) is 28.2. The van der Waals surface area contributed by atoms with E-state index in [1.807, 2.05) is 24.3 Å². The maximum Gasteiger partial charge on any atom is 0.274 e. The molecule has 1 aliphatic heterocycles. The number of carbonyl (C=O) groups is 2. The van der Waals surface area contributed by atoms with Crippen molar-refractivity contribution >= 4 is 17.5 Å². The fraction of sp³-hybridized carbons (Fsp3) is 0.350. The van der Waals surface area contributed by atoms with Crippen LogP contribution in [0.5, 0.6) is 0 Å². The van der Waals surface area contributed by atoms with E-state index >= 15 is 0 Å². The number of nitrogens with zero attached hydrogens (tertiary/aromatic N) is 1. The largest absolute Gasteiger partial charge is 0.352 e. The van der Waals surface area contributed by atoms with E-state index in [2.05, 4.69) is 20.9 Å². The SMILES string of the molecule is O=C(CCC1CCNC1)NCc1cccc(NC(=O)c2ccccn2)c1. The van der Waals surface area contributed by atoms with Gasteiger partial charge in [0.05, 0.1) is 0 Å². The Hall–Kier alpha value is -2.73. The summed E-state index contributed by atoms with van der Waals surface area (Å²) >= 11 is 0. The van der Waals surface area contributed by atoms with Crippen molar-refractivity contribution in [2.24, 2.45) is 5.92 Å². The molecule has 1 aromatic carbocycles. The van der Waals surface area contributed by atoms with E-state index in [0.717, 1.165) is 31.5 Å². The van der Waals surface area contributed by atoms with E-state index in [1.54, 1.807) is 24.4 Å². The number of rotatable bonds is 7. The van der Waals surface area contributed by atoms with Crippen LogP contribution in [0.2, 0.25) is 0 Å². The molecular formula is C20H24N4O2. The van der Waals surface area contributed by atoms with Crippen LogP contribution in [0.1, 0.15) is 35.3 Å². The Balaban J connectivity index is 1.47. The molecule has 1 saturated heterocycles. The average molecular weight is 352 g/mol. The van der Waals surface area contributed by atoms with Crippen molar-refractivity contribution in [2.45, 2.75) is 25.8 Å². The lowest BCUT2D eigenvalue weighted by Gasteiger charge is -2.10. The number of benzene rings is 1. The summed E-state index contributed by atoms with van der Waals surface area (Å²) < 4.78 is 0. The lowest BCUT2D eigenvalue weighted by molar-refractivity contribution is -0.121. The van der Waals surface area contributed by atoms with Gasteiger partial charge in [0, 0.05) is 24.8 Å². The van der Waals surface area contributed by atoms with Crippen molar-refractivity contribution < 1.29 is 9.59 Å². The Kier molecular flexibility index (Phi) is 6.33. The zero-order chi connectivity index (χ0) is 18.2. The van der Waals surface area contributed by atoms with Crippen LogP contribution in [0.25, 0.3) is 0 Å². The summed E-state index contributed by atoms with van der Waals surface area (Å²) in [6.07, 6.45) is 4.23. The van der Waals surface area contributed by atoms with Gasteiger partial charge in [-0.3, -0.25) is 14.6 Å². The summed E-state index contributed by atoms with van der Waals surface area (Å²) in [5, 5.41) is 9.09. The summed E-state index contributed by atoms with van der Waals surface area (Å²) in [6, 6.07) is 12.7. The van der Waals surface area contributed by atoms with E-state index < -0.39 is 0 Å². The highest BCUT2D eigenvalue weighted by Gasteiger charge is 2.15. The second-order valence-corrected chi connectivity index (χ2v) is 6.54. The number of pyridine rings is 1. The fourth-order valence-electron chi connectivity index (χ4n) is 3.04. The van der Waals surface area contributed by atoms with Crippen molar-refractivity contribution in [3.05, 3.63) is 59.9 Å². The van der Waals surface area contributed by atoms with Crippen molar-refractivity contribution in [1.29, 1.82) is 0 Å². The number of carbonyl (C=O) groups excluding carboxylic acids is 2. The van der Waals surface area contributed by atoms with Gasteiger partial charge in [-0.1, -0.05) is 18.2 Å². The molecule has 2 amide bonds. The molecule has 26 heavy (non-hydrogen) atoms. The number of anilines is 1. The third-order valence-corrected chi connectivity index (χ3v) is 4.51. The summed E-state index contributed by atoms with van der Waals surface area (Å²) in [5.41, 5.74) is 2.00. The number of amides is 2. The van der Waals surface area contributed by atoms with Crippen LogP contribution in [-0.2, 0) is 11.3 Å². The van der Waals surface area contributed by atoms with Crippen molar-refractivity contribution in [3.8, 4) is 0 Å². The normalized spacial score (nSPS) is 16.2. The highest BCUT2D eigenvalue weighted by atomic mass is 16.2. The third kappa shape index (κ3) is 5.39. The minimum atomic E-state index is -0.253. The van der Waals surface area contributed by atoms with E-state index in [1.165, 1.54) is 0 Å². The first-order valence-electron chi connectivity index (χ1n) is 8.99. The van der Waals surface area contributed by atoms with Gasteiger partial charge >= 0.3 is 0 Å². The van der Waals surface area contributed by atoms with Crippen LogP contribution in [0.15, 0.2) is 48.7 Å². The molecule has 2 heterocycles. The van der Waals surface area contributed by atoms with Crippen molar-refractivity contribution in [1.82, 2.24) is 15.6 Å². The molecule has 1 atom stereocenters. The van der Waals surface area contributed by atoms with Crippen LogP contribution in [-0.4, -0.2) is 29.9 Å². The van der Waals surface area contributed by atoms with Gasteiger partial charge in [0.25, 0.3) is 5.91 Å². The second kappa shape index (κ2) is 9.10. The fourth-order valence-corrected chi connectivity index (χ4v) is 3.04. The predicted molar refractivity (Wildman–Crippen MR) is 101 cm³/mol. The molecule has 1 aromatic heterocycles. The van der Waals surface area contributed by atoms with E-state index in [9.17, 15) is 9.59 Å². The highest BCUT2D eigenvalue weighted by Crippen LogP contribution is 2.15. The molecule has 3 rings (SSSR count). The standard InChI is InChI=1S/C20H24N4O2/c25-19(8-7-15-9-11-21-13-15)23-14-16-4-3-5-17(12-16)24-20(26)18-6-1-2-10-22-18/h1-6,10,12,15,21H,7-9,11,13-14H2,(H,23,25)(H,24,26). The Labute approximate surface area is 153 Å². The van der Waals surface area contributed by atoms with Crippen LogP contribution in [0.4, 0.5) is 5.69 Å². The summed E-state index contributed by atoms with van der Waals surface area (Å²) in [5.74, 6) is 0.433. The molecule has 6 heteroatoms. The Bertz CT molecular complexity index is 742. The van der Waals surface area contributed by atoms with Crippen LogP contribution < -0.4 is 16.0 Å². The monoisotopic (exact) mass is 352 g/mol. The van der Waals surface area contributed by atoms with Gasteiger partial charge in [0.15, 0.2) is 0 Å². The van der Waals surface area contributed by atoms with Gasteiger partial charge in [0.2, 0.25) is 5.91 Å². The van der Waals surface area contributed by atoms with Gasteiger partial charge in [-0.25, -0.2) is 0 Å². The molecule has 1 fully saturated rings.